The number of sulfone groups is 1. The number of sulfonamides is 1. The van der Waals surface area contributed by atoms with Crippen LogP contribution in [0, 0.1) is 6.92 Å². The van der Waals surface area contributed by atoms with Gasteiger partial charge in [-0.15, -0.1) is 11.8 Å². The summed E-state index contributed by atoms with van der Waals surface area (Å²) in [4.78, 5) is 21.9. The number of likely N-dealkylation sites (tertiary alicyclic amines) is 2. The van der Waals surface area contributed by atoms with E-state index in [0.29, 0.717) is 113 Å². The van der Waals surface area contributed by atoms with Crippen LogP contribution in [0.4, 0.5) is 35.9 Å². The molecule has 0 saturated carbocycles. The van der Waals surface area contributed by atoms with Gasteiger partial charge in [-0.2, -0.15) is 13.2 Å². The van der Waals surface area contributed by atoms with Crippen LogP contribution in [0.15, 0.2) is 136 Å². The molecule has 0 radical (unpaired) electrons. The second-order valence-electron chi connectivity index (χ2n) is 20.6. The number of anilines is 4. The molecule has 0 bridgehead atoms. The first-order valence-corrected chi connectivity index (χ1v) is 30.4. The maximum atomic E-state index is 14.4. The zero-order chi connectivity index (χ0) is 55.6. The van der Waals surface area contributed by atoms with E-state index >= 15 is 0 Å². The van der Waals surface area contributed by atoms with Crippen LogP contribution in [0.3, 0.4) is 0 Å². The maximum Gasteiger partial charge on any atom is 0.501 e. The summed E-state index contributed by atoms with van der Waals surface area (Å²) in [5.41, 5.74) is -0.0139. The van der Waals surface area contributed by atoms with Crippen molar-refractivity contribution in [2.24, 2.45) is 7.05 Å². The average molecular weight is 1150 g/mol. The minimum Gasteiger partial charge on any atom is -0.393 e. The van der Waals surface area contributed by atoms with E-state index in [0.717, 1.165) is 56.5 Å². The highest BCUT2D eigenvalue weighted by molar-refractivity contribution is 7.99. The summed E-state index contributed by atoms with van der Waals surface area (Å²) in [6, 6.07) is 33.9. The van der Waals surface area contributed by atoms with E-state index in [-0.39, 0.29) is 17.3 Å². The van der Waals surface area contributed by atoms with Crippen molar-refractivity contribution in [1.29, 1.82) is 0 Å². The fraction of sp³-hybridized carbons (Fsp3) is 0.386. The smallest absolute Gasteiger partial charge is 0.393 e. The van der Waals surface area contributed by atoms with Crippen molar-refractivity contribution in [3.8, 4) is 22.4 Å². The molecule has 3 saturated heterocycles. The van der Waals surface area contributed by atoms with Gasteiger partial charge in [-0.3, -0.25) is 9.52 Å². The summed E-state index contributed by atoms with van der Waals surface area (Å²) in [5, 5.41) is 24.3. The van der Waals surface area contributed by atoms with Crippen LogP contribution in [-0.2, 0) is 26.9 Å². The van der Waals surface area contributed by atoms with Crippen molar-refractivity contribution >= 4 is 71.9 Å². The van der Waals surface area contributed by atoms with E-state index in [1.54, 1.807) is 31.2 Å². The summed E-state index contributed by atoms with van der Waals surface area (Å²) in [6.07, 6.45) is 2.16. The molecule has 3 fully saturated rings. The highest BCUT2D eigenvalue weighted by Gasteiger charge is 2.48. The molecule has 14 nitrogen and oxygen atoms in total. The molecule has 1 amide bonds. The Kier molecular flexibility index (Phi) is 17.2. The second kappa shape index (κ2) is 23.5. The highest BCUT2D eigenvalue weighted by Crippen LogP contribution is 2.42. The van der Waals surface area contributed by atoms with Crippen LogP contribution in [-0.4, -0.2) is 135 Å². The van der Waals surface area contributed by atoms with Crippen LogP contribution >= 0.6 is 23.4 Å². The Bertz CT molecular complexity index is 3300. The molecule has 3 aliphatic rings. The van der Waals surface area contributed by atoms with Gasteiger partial charge < -0.3 is 39.7 Å². The monoisotopic (exact) mass is 1150 g/mol. The fourth-order valence-electron chi connectivity index (χ4n) is 10.4. The first kappa shape index (κ1) is 57.0. The van der Waals surface area contributed by atoms with Crippen LogP contribution in [0.25, 0.3) is 22.4 Å². The van der Waals surface area contributed by atoms with Crippen molar-refractivity contribution in [1.82, 2.24) is 14.4 Å². The summed E-state index contributed by atoms with van der Waals surface area (Å²) in [5.74, 6) is 0.286. The lowest BCUT2D eigenvalue weighted by Gasteiger charge is -2.37. The number of hydrogen-bond acceptors (Lipinski definition) is 12. The number of aromatic nitrogens is 1. The Morgan fingerprint density at radius 1 is 0.795 bits per heavy atom. The average Bonchev–Trinajstić information content (AvgIpc) is 3.79. The molecule has 0 spiro atoms. The van der Waals surface area contributed by atoms with E-state index in [2.05, 4.69) is 35.4 Å². The molecule has 1 atom stereocenters. The van der Waals surface area contributed by atoms with Crippen molar-refractivity contribution in [3.05, 3.63) is 138 Å². The zero-order valence-corrected chi connectivity index (χ0v) is 46.9. The van der Waals surface area contributed by atoms with Gasteiger partial charge in [0.1, 0.15) is 4.90 Å². The number of piperidine rings is 2. The Morgan fingerprint density at radius 3 is 2.08 bits per heavy atom. The molecule has 4 N–H and O–H groups in total. The number of rotatable bonds is 17. The molecule has 0 aliphatic carbocycles. The highest BCUT2D eigenvalue weighted by atomic mass is 35.5. The first-order chi connectivity index (χ1) is 37.1. The number of aliphatic hydroxyl groups excluding tert-OH is 1. The quantitative estimate of drug-likeness (QED) is 0.0640. The number of nitrogens with zero attached hydrogens (tertiary/aromatic N) is 5. The van der Waals surface area contributed by atoms with Gasteiger partial charge in [0.2, 0.25) is 0 Å². The van der Waals surface area contributed by atoms with Gasteiger partial charge in [-0.05, 0) is 136 Å². The number of hydrogen-bond donors (Lipinski definition) is 4. The Hall–Kier alpha value is -5.74. The van der Waals surface area contributed by atoms with Crippen LogP contribution in [0.1, 0.15) is 55.1 Å². The number of aliphatic hydroxyl groups is 2. The fourth-order valence-corrected chi connectivity index (χ4v) is 13.6. The predicted octanol–water partition coefficient (Wildman–Crippen LogP) is 10.1. The molecule has 4 heterocycles. The molecule has 0 unspecified atom stereocenters. The normalized spacial score (nSPS) is 17.3. The number of amides is 1. The molecule has 21 heteroatoms. The van der Waals surface area contributed by atoms with Crippen LogP contribution < -0.4 is 19.8 Å². The minimum atomic E-state index is -6.04. The van der Waals surface area contributed by atoms with Crippen molar-refractivity contribution in [3.63, 3.8) is 0 Å². The van der Waals surface area contributed by atoms with Gasteiger partial charge in [0.05, 0.1) is 33.5 Å². The lowest BCUT2D eigenvalue weighted by Crippen LogP contribution is -2.46. The summed E-state index contributed by atoms with van der Waals surface area (Å²) < 4.78 is 102. The summed E-state index contributed by atoms with van der Waals surface area (Å²) in [7, 11) is -8.68. The van der Waals surface area contributed by atoms with Crippen LogP contribution in [0.2, 0.25) is 5.02 Å². The maximum absolute atomic E-state index is 14.4. The topological polar surface area (TPSA) is 168 Å². The van der Waals surface area contributed by atoms with Crippen molar-refractivity contribution < 1.29 is 45.0 Å². The molecule has 3 aliphatic heterocycles. The van der Waals surface area contributed by atoms with Gasteiger partial charge in [0.25, 0.3) is 25.8 Å². The Labute approximate surface area is 464 Å². The van der Waals surface area contributed by atoms with E-state index in [1.165, 1.54) is 11.8 Å². The van der Waals surface area contributed by atoms with E-state index in [1.807, 2.05) is 91.7 Å². The van der Waals surface area contributed by atoms with Gasteiger partial charge in [-0.1, -0.05) is 54.1 Å². The largest absolute Gasteiger partial charge is 0.501 e. The third-order valence-corrected chi connectivity index (χ3v) is 19.5. The number of thioether (sulfide) groups is 1. The third kappa shape index (κ3) is 13.0. The van der Waals surface area contributed by atoms with Crippen LogP contribution in [0.5, 0.6) is 0 Å². The minimum absolute atomic E-state index is 0.0774. The number of carbonyl (C=O) groups is 1. The van der Waals surface area contributed by atoms with Crippen molar-refractivity contribution in [2.45, 2.75) is 83.9 Å². The van der Waals surface area contributed by atoms with E-state index in [9.17, 15) is 45.0 Å². The first-order valence-electron chi connectivity index (χ1n) is 26.1. The number of carbonyl (C=O) groups excluding carboxylic acids is 1. The number of alkyl halides is 3. The molecule has 6 aromatic rings. The number of piperazine rings is 1. The number of benzene rings is 5. The van der Waals surface area contributed by atoms with Crippen molar-refractivity contribution in [2.75, 3.05) is 84.5 Å². The molecule has 5 aromatic carbocycles. The van der Waals surface area contributed by atoms with Gasteiger partial charge in [0.15, 0.2) is 0 Å². The van der Waals surface area contributed by atoms with Gasteiger partial charge >= 0.3 is 5.51 Å². The molecule has 416 valence electrons. The van der Waals surface area contributed by atoms with E-state index in [4.69, 9.17) is 11.6 Å². The standard InChI is InChI=1S/C57H65ClF3N7O7S3/c1-39-52(55(70)68-28-23-47(69)24-29-68)53(54(64(39)3)40-12-14-42(58)15-13-40)41-8-7-9-46(36-41)67-34-32-66(33-35-67)45-18-16-43(17-19-45)63-78(74,75)49-20-21-50(51(37-49)77(72,73)57(59,60)61)62-44(38-76-48-10-5-4-6-11-48)22-27-65-30-25-56(2,71)26-31-65/h4-21,36-37,44,47,62-63,69,71H,22-35,38H2,1-3H3/t44-/m1/s1. The number of halogens is 4. The lowest BCUT2D eigenvalue weighted by molar-refractivity contribution is -0.0436. The summed E-state index contributed by atoms with van der Waals surface area (Å²) >= 11 is 7.77. The molecular formula is C57H65ClF3N7O7S3. The third-order valence-electron chi connectivity index (χ3n) is 15.2. The van der Waals surface area contributed by atoms with Gasteiger partial charge in [0, 0.05) is 116 Å². The molecule has 78 heavy (non-hydrogen) atoms. The zero-order valence-electron chi connectivity index (χ0n) is 43.7. The Morgan fingerprint density at radius 2 is 1.44 bits per heavy atom. The number of nitrogens with one attached hydrogen (secondary N) is 2. The lowest BCUT2D eigenvalue weighted by atomic mass is 9.94. The summed E-state index contributed by atoms with van der Waals surface area (Å²) in [6.45, 7) is 8.97. The van der Waals surface area contributed by atoms with E-state index < -0.39 is 52.9 Å². The Balaban J connectivity index is 0.894. The molecule has 9 rings (SSSR count). The molecular weight excluding hydrogens is 1080 g/mol. The predicted molar refractivity (Wildman–Crippen MR) is 304 cm³/mol. The molecule has 1 aromatic heterocycles. The van der Waals surface area contributed by atoms with Gasteiger partial charge in [-0.25, -0.2) is 16.8 Å². The SMILES string of the molecule is Cc1c(C(=O)N2CCC(O)CC2)c(-c2cccc(N3CCN(c4ccc(NS(=O)(=O)c5ccc(N[C@H](CCN6CCC(C)(O)CC6)CSc6ccccc6)c(S(=O)(=O)C(F)(F)F)c5)cc4)CC3)c2)c(-c2ccc(Cl)cc2)n1C. The second-order valence-corrected chi connectivity index (χ2v) is 25.8.